The second-order valence-corrected chi connectivity index (χ2v) is 6.86. The fraction of sp³-hybridized carbons (Fsp3) is 0.556. The van der Waals surface area contributed by atoms with Crippen LogP contribution in [0.3, 0.4) is 0 Å². The van der Waals surface area contributed by atoms with E-state index in [0.717, 1.165) is 31.4 Å². The van der Waals surface area contributed by atoms with Gasteiger partial charge in [0.1, 0.15) is 0 Å². The van der Waals surface area contributed by atoms with Gasteiger partial charge in [-0.05, 0) is 42.5 Å². The Morgan fingerprint density at radius 2 is 2.09 bits per heavy atom. The number of piperazine rings is 1. The number of hydrogen-bond acceptors (Lipinski definition) is 2. The summed E-state index contributed by atoms with van der Waals surface area (Å²) in [4.78, 5) is 28.9. The minimum absolute atomic E-state index is 0.0109. The first-order valence-electron chi connectivity index (χ1n) is 8.41. The van der Waals surface area contributed by atoms with Crippen molar-refractivity contribution in [1.82, 2.24) is 9.80 Å². The summed E-state index contributed by atoms with van der Waals surface area (Å²) in [5.74, 6) is 0.167. The Morgan fingerprint density at radius 1 is 1.35 bits per heavy atom. The highest BCUT2D eigenvalue weighted by Crippen LogP contribution is 2.35. The maximum Gasteiger partial charge on any atom is 0.242 e. The summed E-state index contributed by atoms with van der Waals surface area (Å²) in [6, 6.07) is 5.83. The zero-order valence-corrected chi connectivity index (χ0v) is 14.5. The van der Waals surface area contributed by atoms with E-state index in [9.17, 15) is 9.59 Å². The van der Waals surface area contributed by atoms with E-state index in [1.807, 2.05) is 36.9 Å². The Kier molecular flexibility index (Phi) is 4.62. The van der Waals surface area contributed by atoms with Gasteiger partial charge < -0.3 is 9.80 Å². The molecule has 3 rings (SSSR count). The first kappa shape index (κ1) is 16.3. The first-order valence-corrected chi connectivity index (χ1v) is 8.79. The van der Waals surface area contributed by atoms with Crippen LogP contribution in [0.15, 0.2) is 18.2 Å². The summed E-state index contributed by atoms with van der Waals surface area (Å²) in [5, 5.41) is 0.682. The van der Waals surface area contributed by atoms with Crippen molar-refractivity contribution < 1.29 is 9.59 Å². The lowest BCUT2D eigenvalue weighted by atomic mass is 9.90. The number of nitrogens with zero attached hydrogens (tertiary/aromatic N) is 2. The van der Waals surface area contributed by atoms with E-state index >= 15 is 0 Å². The maximum absolute atomic E-state index is 12.7. The summed E-state index contributed by atoms with van der Waals surface area (Å²) < 4.78 is 0. The van der Waals surface area contributed by atoms with Gasteiger partial charge in [0, 0.05) is 24.0 Å². The number of carbonyl (C=O) groups is 2. The van der Waals surface area contributed by atoms with Crippen LogP contribution >= 0.6 is 11.6 Å². The van der Waals surface area contributed by atoms with E-state index in [1.54, 1.807) is 4.90 Å². The lowest BCUT2D eigenvalue weighted by Gasteiger charge is -2.45. The molecule has 1 unspecified atom stereocenters. The highest BCUT2D eigenvalue weighted by Gasteiger charge is 2.39. The monoisotopic (exact) mass is 334 g/mol. The van der Waals surface area contributed by atoms with Crippen LogP contribution in [-0.4, -0.2) is 41.2 Å². The molecule has 1 aromatic rings. The number of hydrogen-bond donors (Lipinski definition) is 0. The highest BCUT2D eigenvalue weighted by molar-refractivity contribution is 6.30. The van der Waals surface area contributed by atoms with E-state index in [1.165, 1.54) is 5.56 Å². The summed E-state index contributed by atoms with van der Waals surface area (Å²) in [6.07, 6.45) is 2.49. The van der Waals surface area contributed by atoms with Crippen LogP contribution in [0.25, 0.3) is 0 Å². The van der Waals surface area contributed by atoms with E-state index in [-0.39, 0.29) is 30.3 Å². The van der Waals surface area contributed by atoms with Crippen molar-refractivity contribution in [3.63, 3.8) is 0 Å². The van der Waals surface area contributed by atoms with E-state index in [4.69, 9.17) is 11.6 Å². The Balaban J connectivity index is 1.89. The van der Waals surface area contributed by atoms with Gasteiger partial charge in [-0.25, -0.2) is 0 Å². The van der Waals surface area contributed by atoms with Crippen LogP contribution in [-0.2, 0) is 16.0 Å². The average Bonchev–Trinajstić information content (AvgIpc) is 2.55. The number of amides is 2. The van der Waals surface area contributed by atoms with Crippen LogP contribution in [0.5, 0.6) is 0 Å². The second kappa shape index (κ2) is 6.52. The molecule has 0 saturated carbocycles. The van der Waals surface area contributed by atoms with Crippen molar-refractivity contribution in [2.45, 2.75) is 39.2 Å². The standard InChI is InChI=1S/C18H23ClN2O2/c1-3-12(4-2)18(23)20-10-16-15-9-14(19)6-5-13(15)7-8-21(16)17(22)11-20/h5-6,9,12,16H,3-4,7-8,10-11H2,1-2H3. The van der Waals surface area contributed by atoms with E-state index in [2.05, 4.69) is 0 Å². The molecule has 4 nitrogen and oxygen atoms in total. The lowest BCUT2D eigenvalue weighted by molar-refractivity contribution is -0.151. The molecule has 5 heteroatoms. The normalized spacial score (nSPS) is 20.5. The predicted octanol–water partition coefficient (Wildman–Crippen LogP) is 3.04. The van der Waals surface area contributed by atoms with Crippen molar-refractivity contribution in [3.05, 3.63) is 34.3 Å². The molecule has 2 amide bonds. The number of fused-ring (bicyclic) bond motifs is 3. The average molecular weight is 335 g/mol. The minimum Gasteiger partial charge on any atom is -0.332 e. The fourth-order valence-electron chi connectivity index (χ4n) is 3.76. The molecule has 0 N–H and O–H groups in total. The first-order chi connectivity index (χ1) is 11.0. The largest absolute Gasteiger partial charge is 0.332 e. The fourth-order valence-corrected chi connectivity index (χ4v) is 3.94. The van der Waals surface area contributed by atoms with Gasteiger partial charge in [-0.15, -0.1) is 0 Å². The maximum atomic E-state index is 12.7. The molecule has 1 saturated heterocycles. The smallest absolute Gasteiger partial charge is 0.242 e. The lowest BCUT2D eigenvalue weighted by Crippen LogP contribution is -2.56. The molecule has 124 valence electrons. The Bertz CT molecular complexity index is 627. The van der Waals surface area contributed by atoms with Gasteiger partial charge in [-0.2, -0.15) is 0 Å². The van der Waals surface area contributed by atoms with Crippen LogP contribution < -0.4 is 0 Å². The molecular formula is C18H23ClN2O2. The Labute approximate surface area is 142 Å². The van der Waals surface area contributed by atoms with E-state index < -0.39 is 0 Å². The number of carbonyl (C=O) groups excluding carboxylic acids is 2. The van der Waals surface area contributed by atoms with Crippen LogP contribution in [0, 0.1) is 5.92 Å². The van der Waals surface area contributed by atoms with Crippen LogP contribution in [0.2, 0.25) is 5.02 Å². The van der Waals surface area contributed by atoms with Crippen LogP contribution in [0.4, 0.5) is 0 Å². The molecule has 1 fully saturated rings. The number of rotatable bonds is 3. The molecule has 0 bridgehead atoms. The van der Waals surface area contributed by atoms with Gasteiger partial charge in [0.05, 0.1) is 12.6 Å². The van der Waals surface area contributed by atoms with Gasteiger partial charge >= 0.3 is 0 Å². The van der Waals surface area contributed by atoms with Gasteiger partial charge in [0.15, 0.2) is 0 Å². The molecule has 0 radical (unpaired) electrons. The second-order valence-electron chi connectivity index (χ2n) is 6.43. The Morgan fingerprint density at radius 3 is 2.78 bits per heavy atom. The van der Waals surface area contributed by atoms with Gasteiger partial charge in [0.2, 0.25) is 11.8 Å². The third-order valence-electron chi connectivity index (χ3n) is 5.15. The minimum atomic E-state index is -0.0583. The molecule has 1 aromatic carbocycles. The van der Waals surface area contributed by atoms with E-state index in [0.29, 0.717) is 11.6 Å². The Hall–Kier alpha value is -1.55. The molecule has 2 aliphatic heterocycles. The highest BCUT2D eigenvalue weighted by atomic mass is 35.5. The van der Waals surface area contributed by atoms with Gasteiger partial charge in [0.25, 0.3) is 0 Å². The molecule has 1 atom stereocenters. The van der Waals surface area contributed by atoms with Crippen LogP contribution in [0.1, 0.15) is 43.9 Å². The van der Waals surface area contributed by atoms with Crippen molar-refractivity contribution in [2.75, 3.05) is 19.6 Å². The summed E-state index contributed by atoms with van der Waals surface area (Å²) in [6.45, 7) is 5.57. The van der Waals surface area contributed by atoms with Crippen molar-refractivity contribution in [1.29, 1.82) is 0 Å². The summed E-state index contributed by atoms with van der Waals surface area (Å²) in [5.41, 5.74) is 2.33. The van der Waals surface area contributed by atoms with Crippen molar-refractivity contribution >= 4 is 23.4 Å². The number of halogens is 1. The third kappa shape index (κ3) is 2.97. The topological polar surface area (TPSA) is 40.6 Å². The molecule has 0 spiro atoms. The molecular weight excluding hydrogens is 312 g/mol. The molecule has 2 heterocycles. The molecule has 0 aliphatic carbocycles. The van der Waals surface area contributed by atoms with Gasteiger partial charge in [-0.1, -0.05) is 31.5 Å². The van der Waals surface area contributed by atoms with Gasteiger partial charge in [-0.3, -0.25) is 9.59 Å². The SMILES string of the molecule is CCC(CC)C(=O)N1CC(=O)N2CCc3ccc(Cl)cc3C2C1. The van der Waals surface area contributed by atoms with Crippen molar-refractivity contribution in [2.24, 2.45) is 5.92 Å². The summed E-state index contributed by atoms with van der Waals surface area (Å²) in [7, 11) is 0. The molecule has 2 aliphatic rings. The third-order valence-corrected chi connectivity index (χ3v) is 5.39. The van der Waals surface area contributed by atoms with Crippen molar-refractivity contribution in [3.8, 4) is 0 Å². The predicted molar refractivity (Wildman–Crippen MR) is 90.3 cm³/mol. The zero-order valence-electron chi connectivity index (χ0n) is 13.7. The zero-order chi connectivity index (χ0) is 16.6. The molecule has 0 aromatic heterocycles. The molecule has 23 heavy (non-hydrogen) atoms. The quantitative estimate of drug-likeness (QED) is 0.852. The summed E-state index contributed by atoms with van der Waals surface area (Å²) >= 11 is 6.15. The number of benzene rings is 1.